The summed E-state index contributed by atoms with van der Waals surface area (Å²) >= 11 is 15.8. The molecule has 0 radical (unpaired) electrons. The lowest BCUT2D eigenvalue weighted by molar-refractivity contribution is 0.489. The maximum atomic E-state index is 13.8. The molecular weight excluding hydrogens is 1290 g/mol. The van der Waals surface area contributed by atoms with E-state index in [0.29, 0.717) is 75.3 Å². The highest BCUT2D eigenvalue weighted by Gasteiger charge is 2.26. The van der Waals surface area contributed by atoms with Gasteiger partial charge in [-0.05, 0) is 189 Å². The Hall–Kier alpha value is -5.53. The van der Waals surface area contributed by atoms with Crippen LogP contribution in [0.3, 0.4) is 0 Å². The number of aromatic amines is 3. The van der Waals surface area contributed by atoms with Crippen LogP contribution in [-0.4, -0.2) is 71.8 Å². The van der Waals surface area contributed by atoms with Gasteiger partial charge in [0.1, 0.15) is 38.2 Å². The molecule has 26 heteroatoms. The van der Waals surface area contributed by atoms with Gasteiger partial charge in [0.15, 0.2) is 0 Å². The molecular formula is C52H49Br3ClF3N10O6S3. The number of hydrogen-bond donors (Lipinski definition) is 6. The summed E-state index contributed by atoms with van der Waals surface area (Å²) < 4.78 is 124. The molecule has 410 valence electrons. The van der Waals surface area contributed by atoms with Gasteiger partial charge in [0, 0.05) is 67.9 Å². The molecule has 0 aliphatic heterocycles. The number of hydrogen-bond acceptors (Lipinski definition) is 10. The number of rotatable bonds is 9. The highest BCUT2D eigenvalue weighted by atomic mass is 79.9. The summed E-state index contributed by atoms with van der Waals surface area (Å²) in [5, 5.41) is 11.5. The predicted octanol–water partition coefficient (Wildman–Crippen LogP) is 13.1. The molecule has 9 rings (SSSR count). The Morgan fingerprint density at radius 3 is 1.29 bits per heavy atom. The van der Waals surface area contributed by atoms with E-state index in [0.717, 1.165) is 5.52 Å². The van der Waals surface area contributed by atoms with Gasteiger partial charge < -0.3 is 15.0 Å². The Bertz CT molecular complexity index is 4120. The molecule has 0 saturated carbocycles. The maximum absolute atomic E-state index is 13.8. The number of nitrogens with one attached hydrogen (secondary N) is 6. The average Bonchev–Trinajstić information content (AvgIpc) is 4.06. The standard InChI is InChI=1S/C18H16BrFN4O2S.C17H16BrClFN3O2S.C17H17BrFN3O2S/c1-18(2,3)24-27(25,26)10-4-5-15(22-9-10)17-12(8-21)11-6-14(20)13(19)7-16(11)23-17;1-17(2,3)23-26(24,25)9-4-5-13(21-8-9)16-15(19)10-6-12(20)11(18)7-14(10)22-16;1-17(2,3)22-25(23,24)11-4-5-14(20-9-11)16-7-10-6-13(19)12(18)8-15(10)21-16/h4-7,9,23-24H,1-3H3;4-8,22-23H,1-3H3;4-9,21-22H,1-3H3. The second-order valence-electron chi connectivity index (χ2n) is 20.7. The van der Waals surface area contributed by atoms with Crippen molar-refractivity contribution in [1.29, 1.82) is 5.26 Å². The van der Waals surface area contributed by atoms with Crippen molar-refractivity contribution in [1.82, 2.24) is 44.1 Å². The first-order valence-electron chi connectivity index (χ1n) is 23.1. The van der Waals surface area contributed by atoms with Crippen molar-refractivity contribution in [2.24, 2.45) is 0 Å². The van der Waals surface area contributed by atoms with Gasteiger partial charge in [-0.15, -0.1) is 0 Å². The Balaban J connectivity index is 0.000000170. The van der Waals surface area contributed by atoms with Gasteiger partial charge in [0.25, 0.3) is 0 Å². The van der Waals surface area contributed by atoms with E-state index in [1.807, 2.05) is 0 Å². The normalized spacial score (nSPS) is 12.6. The quantitative estimate of drug-likeness (QED) is 0.0797. The summed E-state index contributed by atoms with van der Waals surface area (Å²) in [5.41, 5.74) is 3.40. The van der Waals surface area contributed by atoms with Gasteiger partial charge in [0.05, 0.1) is 58.2 Å². The molecule has 0 bridgehead atoms. The molecule has 0 aliphatic rings. The zero-order valence-electron chi connectivity index (χ0n) is 42.8. The first-order valence-corrected chi connectivity index (χ1v) is 30.3. The number of fused-ring (bicyclic) bond motifs is 3. The first kappa shape index (κ1) is 60.1. The molecule has 0 atom stereocenters. The SMILES string of the molecule is CC(C)(C)NS(=O)(=O)c1ccc(-c2[nH]c3cc(Br)c(F)cc3c2C#N)nc1.CC(C)(C)NS(=O)(=O)c1ccc(-c2[nH]c3cc(Br)c(F)cc3c2Cl)nc1.CC(C)(C)NS(=O)(=O)c1ccc(-c2cc3cc(F)c(Br)cc3[nH]2)nc1. The minimum absolute atomic E-state index is 0.0181. The van der Waals surface area contributed by atoms with Crippen molar-refractivity contribution in [2.75, 3.05) is 0 Å². The fourth-order valence-electron chi connectivity index (χ4n) is 7.55. The van der Waals surface area contributed by atoms with Crippen LogP contribution in [0.15, 0.2) is 126 Å². The van der Waals surface area contributed by atoms with Gasteiger partial charge in [0.2, 0.25) is 30.1 Å². The van der Waals surface area contributed by atoms with E-state index in [9.17, 15) is 43.7 Å². The molecule has 6 heterocycles. The fraction of sp³-hybridized carbons (Fsp3) is 0.231. The predicted molar refractivity (Wildman–Crippen MR) is 308 cm³/mol. The zero-order valence-corrected chi connectivity index (χ0v) is 50.8. The smallest absolute Gasteiger partial charge is 0.242 e. The fourth-order valence-corrected chi connectivity index (χ4v) is 13.0. The van der Waals surface area contributed by atoms with Crippen LogP contribution in [-0.2, 0) is 30.1 Å². The lowest BCUT2D eigenvalue weighted by Gasteiger charge is -2.20. The summed E-state index contributed by atoms with van der Waals surface area (Å²) in [6.45, 7) is 15.8. The molecule has 0 aliphatic carbocycles. The number of nitriles is 1. The minimum atomic E-state index is -3.71. The first-order chi connectivity index (χ1) is 36.0. The largest absolute Gasteiger partial charge is 0.353 e. The van der Waals surface area contributed by atoms with Crippen LogP contribution >= 0.6 is 59.4 Å². The molecule has 0 amide bonds. The lowest BCUT2D eigenvalue weighted by Crippen LogP contribution is -2.40. The molecule has 0 spiro atoms. The van der Waals surface area contributed by atoms with Gasteiger partial charge in [-0.1, -0.05) is 11.6 Å². The number of aromatic nitrogens is 6. The molecule has 0 fully saturated rings. The number of benzene rings is 3. The number of pyridine rings is 3. The maximum Gasteiger partial charge on any atom is 0.242 e. The highest BCUT2D eigenvalue weighted by molar-refractivity contribution is 9.11. The lowest BCUT2D eigenvalue weighted by atomic mass is 10.1. The Labute approximate surface area is 479 Å². The van der Waals surface area contributed by atoms with Gasteiger partial charge >= 0.3 is 0 Å². The van der Waals surface area contributed by atoms with E-state index in [-0.39, 0.29) is 30.5 Å². The molecule has 6 aromatic heterocycles. The average molecular weight is 1340 g/mol. The summed E-state index contributed by atoms with van der Waals surface area (Å²) in [4.78, 5) is 22.1. The third-order valence-corrected chi connectivity index (χ3v) is 18.1. The molecule has 6 N–H and O–H groups in total. The monoisotopic (exact) mass is 1330 g/mol. The van der Waals surface area contributed by atoms with Crippen molar-refractivity contribution in [3.05, 3.63) is 139 Å². The molecule has 9 aromatic rings. The minimum Gasteiger partial charge on any atom is -0.353 e. The van der Waals surface area contributed by atoms with E-state index in [4.69, 9.17) is 11.6 Å². The third kappa shape index (κ3) is 14.3. The Morgan fingerprint density at radius 2 is 0.885 bits per heavy atom. The third-order valence-electron chi connectivity index (χ3n) is 10.6. The van der Waals surface area contributed by atoms with E-state index >= 15 is 0 Å². The summed E-state index contributed by atoms with van der Waals surface area (Å²) in [5.74, 6) is -1.25. The van der Waals surface area contributed by atoms with E-state index in [2.05, 4.69) is 97.9 Å². The van der Waals surface area contributed by atoms with Crippen LogP contribution in [0.2, 0.25) is 5.02 Å². The Kier molecular flexibility index (Phi) is 17.4. The number of H-pyrrole nitrogens is 3. The summed E-state index contributed by atoms with van der Waals surface area (Å²) in [6.07, 6.45) is 3.81. The van der Waals surface area contributed by atoms with Crippen LogP contribution in [0.4, 0.5) is 13.2 Å². The van der Waals surface area contributed by atoms with Crippen LogP contribution in [0.25, 0.3) is 66.9 Å². The topological polar surface area (TPSA) is 248 Å². The number of sulfonamides is 3. The van der Waals surface area contributed by atoms with Gasteiger partial charge in [-0.2, -0.15) is 5.26 Å². The van der Waals surface area contributed by atoms with Crippen molar-refractivity contribution >= 4 is 122 Å². The van der Waals surface area contributed by atoms with E-state index in [1.165, 1.54) is 61.1 Å². The molecule has 3 aromatic carbocycles. The highest BCUT2D eigenvalue weighted by Crippen LogP contribution is 2.37. The van der Waals surface area contributed by atoms with Crippen molar-refractivity contribution < 1.29 is 38.4 Å². The second kappa shape index (κ2) is 22.5. The van der Waals surface area contributed by atoms with Crippen LogP contribution in [0.5, 0.6) is 0 Å². The van der Waals surface area contributed by atoms with Crippen LogP contribution in [0, 0.1) is 28.8 Å². The number of halogens is 7. The van der Waals surface area contributed by atoms with Crippen molar-refractivity contribution in [3.63, 3.8) is 0 Å². The van der Waals surface area contributed by atoms with Gasteiger partial charge in [-0.3, -0.25) is 15.0 Å². The summed E-state index contributed by atoms with van der Waals surface area (Å²) in [6, 6.07) is 21.7. The summed E-state index contributed by atoms with van der Waals surface area (Å²) in [7, 11) is -11.0. The number of nitrogens with zero attached hydrogens (tertiary/aromatic N) is 4. The molecule has 0 unspecified atom stereocenters. The van der Waals surface area contributed by atoms with Crippen molar-refractivity contribution in [2.45, 2.75) is 93.6 Å². The van der Waals surface area contributed by atoms with E-state index < -0.39 is 58.3 Å². The Morgan fingerprint density at radius 1 is 0.513 bits per heavy atom. The van der Waals surface area contributed by atoms with Crippen molar-refractivity contribution in [3.8, 4) is 40.2 Å². The zero-order chi connectivity index (χ0) is 57.7. The van der Waals surface area contributed by atoms with Gasteiger partial charge in [-0.25, -0.2) is 52.6 Å². The van der Waals surface area contributed by atoms with Crippen LogP contribution < -0.4 is 14.2 Å². The molecule has 0 saturated heterocycles. The molecule has 16 nitrogen and oxygen atoms in total. The van der Waals surface area contributed by atoms with Crippen LogP contribution in [0.1, 0.15) is 67.9 Å². The second-order valence-corrected chi connectivity index (χ2v) is 28.7. The van der Waals surface area contributed by atoms with E-state index in [1.54, 1.807) is 98.7 Å². The molecule has 78 heavy (non-hydrogen) atoms.